The Labute approximate surface area is 138 Å². The van der Waals surface area contributed by atoms with E-state index in [-0.39, 0.29) is 5.91 Å². The molecule has 0 atom stereocenters. The van der Waals surface area contributed by atoms with Gasteiger partial charge < -0.3 is 0 Å². The predicted molar refractivity (Wildman–Crippen MR) is 88.8 cm³/mol. The van der Waals surface area contributed by atoms with Crippen molar-refractivity contribution in [3.05, 3.63) is 51.7 Å². The van der Waals surface area contributed by atoms with E-state index in [1.165, 1.54) is 22.7 Å². The SMILES string of the molecule is O=C(Nc1nnc(Cn2nnc3ccccc32)s1)c1cccs1. The Morgan fingerprint density at radius 1 is 1.13 bits per heavy atom. The molecule has 0 saturated heterocycles. The highest BCUT2D eigenvalue weighted by atomic mass is 32.1. The molecule has 7 nitrogen and oxygen atoms in total. The lowest BCUT2D eigenvalue weighted by Crippen LogP contribution is -2.09. The molecule has 3 heterocycles. The molecule has 114 valence electrons. The van der Waals surface area contributed by atoms with Gasteiger partial charge >= 0.3 is 0 Å². The number of amides is 1. The summed E-state index contributed by atoms with van der Waals surface area (Å²) >= 11 is 2.71. The maximum absolute atomic E-state index is 12.0. The number of aromatic nitrogens is 5. The molecule has 9 heteroatoms. The van der Waals surface area contributed by atoms with Gasteiger partial charge in [-0.25, -0.2) is 4.68 Å². The second-order valence-electron chi connectivity index (χ2n) is 4.67. The molecule has 1 N–H and O–H groups in total. The first-order valence-electron chi connectivity index (χ1n) is 6.75. The standard InChI is InChI=1S/C14H10N6OS2/c21-13(11-6-3-7-22-11)15-14-18-17-12(23-14)8-20-10-5-2-1-4-9(10)16-19-20/h1-7H,8H2,(H,15,18,21). The van der Waals surface area contributed by atoms with Crippen LogP contribution in [-0.2, 0) is 6.54 Å². The zero-order chi connectivity index (χ0) is 15.6. The molecule has 1 amide bonds. The summed E-state index contributed by atoms with van der Waals surface area (Å²) in [4.78, 5) is 12.6. The molecule has 0 radical (unpaired) electrons. The van der Waals surface area contributed by atoms with Crippen molar-refractivity contribution in [1.82, 2.24) is 25.2 Å². The second kappa shape index (κ2) is 5.86. The van der Waals surface area contributed by atoms with Crippen molar-refractivity contribution in [2.45, 2.75) is 6.54 Å². The van der Waals surface area contributed by atoms with Crippen molar-refractivity contribution in [3.63, 3.8) is 0 Å². The van der Waals surface area contributed by atoms with E-state index in [9.17, 15) is 4.79 Å². The van der Waals surface area contributed by atoms with Crippen LogP contribution in [0.3, 0.4) is 0 Å². The Morgan fingerprint density at radius 3 is 2.91 bits per heavy atom. The molecule has 0 saturated carbocycles. The van der Waals surface area contributed by atoms with Crippen molar-refractivity contribution in [1.29, 1.82) is 0 Å². The van der Waals surface area contributed by atoms with E-state index in [0.717, 1.165) is 16.0 Å². The quantitative estimate of drug-likeness (QED) is 0.616. The number of thiophene rings is 1. The van der Waals surface area contributed by atoms with Gasteiger partial charge in [0.05, 0.1) is 16.9 Å². The minimum Gasteiger partial charge on any atom is -0.296 e. The summed E-state index contributed by atoms with van der Waals surface area (Å²) in [5.74, 6) is -0.172. The Kier molecular flexibility index (Phi) is 3.56. The Bertz CT molecular complexity index is 959. The summed E-state index contributed by atoms with van der Waals surface area (Å²) in [5, 5.41) is 22.2. The number of hydrogen-bond donors (Lipinski definition) is 1. The minimum atomic E-state index is -0.172. The number of rotatable bonds is 4. The predicted octanol–water partition coefficient (Wildman–Crippen LogP) is 2.64. The van der Waals surface area contributed by atoms with E-state index < -0.39 is 0 Å². The van der Waals surface area contributed by atoms with Gasteiger partial charge in [0.15, 0.2) is 0 Å². The van der Waals surface area contributed by atoms with Crippen molar-refractivity contribution in [2.75, 3.05) is 5.32 Å². The van der Waals surface area contributed by atoms with Crippen LogP contribution in [0.4, 0.5) is 5.13 Å². The summed E-state index contributed by atoms with van der Waals surface area (Å²) in [6.45, 7) is 0.465. The van der Waals surface area contributed by atoms with E-state index in [0.29, 0.717) is 16.6 Å². The third kappa shape index (κ3) is 2.83. The maximum Gasteiger partial charge on any atom is 0.267 e. The number of nitrogens with zero attached hydrogens (tertiary/aromatic N) is 5. The van der Waals surface area contributed by atoms with Crippen molar-refractivity contribution >= 4 is 44.7 Å². The largest absolute Gasteiger partial charge is 0.296 e. The Balaban J connectivity index is 1.51. The number of hydrogen-bond acceptors (Lipinski definition) is 7. The highest BCUT2D eigenvalue weighted by molar-refractivity contribution is 7.15. The number of carbonyl (C=O) groups excluding carboxylic acids is 1. The van der Waals surface area contributed by atoms with Crippen LogP contribution in [0.5, 0.6) is 0 Å². The van der Waals surface area contributed by atoms with Crippen molar-refractivity contribution < 1.29 is 4.79 Å². The van der Waals surface area contributed by atoms with Gasteiger partial charge in [0.2, 0.25) is 5.13 Å². The van der Waals surface area contributed by atoms with E-state index >= 15 is 0 Å². The van der Waals surface area contributed by atoms with E-state index in [2.05, 4.69) is 25.8 Å². The maximum atomic E-state index is 12.0. The molecule has 3 aromatic heterocycles. The molecule has 4 rings (SSSR count). The van der Waals surface area contributed by atoms with Gasteiger partial charge in [0.25, 0.3) is 5.91 Å². The first kappa shape index (κ1) is 14.0. The summed E-state index contributed by atoms with van der Waals surface area (Å²) in [5.41, 5.74) is 1.77. The molecule has 1 aromatic carbocycles. The normalized spacial score (nSPS) is 11.0. The summed E-state index contributed by atoms with van der Waals surface area (Å²) < 4.78 is 1.76. The van der Waals surface area contributed by atoms with Crippen LogP contribution in [0.1, 0.15) is 14.7 Å². The molecule has 0 aliphatic carbocycles. The zero-order valence-electron chi connectivity index (χ0n) is 11.7. The van der Waals surface area contributed by atoms with Crippen LogP contribution in [0.25, 0.3) is 11.0 Å². The highest BCUT2D eigenvalue weighted by Gasteiger charge is 2.12. The lowest BCUT2D eigenvalue weighted by Gasteiger charge is -1.98. The number of para-hydroxylation sites is 1. The van der Waals surface area contributed by atoms with Gasteiger partial charge in [-0.15, -0.1) is 26.6 Å². The number of nitrogens with one attached hydrogen (secondary N) is 1. The highest BCUT2D eigenvalue weighted by Crippen LogP contribution is 2.19. The molecule has 23 heavy (non-hydrogen) atoms. The summed E-state index contributed by atoms with van der Waals surface area (Å²) in [6, 6.07) is 11.3. The fraction of sp³-hybridized carbons (Fsp3) is 0.0714. The molecular formula is C14H10N6OS2. The second-order valence-corrected chi connectivity index (χ2v) is 6.68. The third-order valence-electron chi connectivity index (χ3n) is 3.14. The van der Waals surface area contributed by atoms with Crippen LogP contribution >= 0.6 is 22.7 Å². The van der Waals surface area contributed by atoms with E-state index in [4.69, 9.17) is 0 Å². The fourth-order valence-electron chi connectivity index (χ4n) is 2.10. The number of anilines is 1. The summed E-state index contributed by atoms with van der Waals surface area (Å²) in [7, 11) is 0. The van der Waals surface area contributed by atoms with Gasteiger partial charge in [-0.05, 0) is 23.6 Å². The van der Waals surface area contributed by atoms with Crippen LogP contribution < -0.4 is 5.32 Å². The smallest absolute Gasteiger partial charge is 0.267 e. The van der Waals surface area contributed by atoms with Crippen LogP contribution in [0, 0.1) is 0 Å². The van der Waals surface area contributed by atoms with E-state index in [1.54, 1.807) is 10.7 Å². The van der Waals surface area contributed by atoms with Crippen LogP contribution in [-0.4, -0.2) is 31.1 Å². The summed E-state index contributed by atoms with van der Waals surface area (Å²) in [6.07, 6.45) is 0. The molecular weight excluding hydrogens is 332 g/mol. The topological polar surface area (TPSA) is 85.6 Å². The number of fused-ring (bicyclic) bond motifs is 1. The van der Waals surface area contributed by atoms with Crippen molar-refractivity contribution in [2.24, 2.45) is 0 Å². The lowest BCUT2D eigenvalue weighted by molar-refractivity contribution is 0.103. The van der Waals surface area contributed by atoms with Gasteiger partial charge in [0.1, 0.15) is 10.5 Å². The molecule has 0 unspecified atom stereocenters. The van der Waals surface area contributed by atoms with Gasteiger partial charge in [-0.2, -0.15) is 0 Å². The molecule has 0 spiro atoms. The number of benzene rings is 1. The minimum absolute atomic E-state index is 0.172. The number of carbonyl (C=O) groups is 1. The zero-order valence-corrected chi connectivity index (χ0v) is 13.3. The molecule has 0 aliphatic heterocycles. The van der Waals surface area contributed by atoms with Crippen LogP contribution in [0.2, 0.25) is 0 Å². The first-order chi connectivity index (χ1) is 11.3. The van der Waals surface area contributed by atoms with Gasteiger partial charge in [-0.3, -0.25) is 10.1 Å². The monoisotopic (exact) mass is 342 g/mol. The lowest BCUT2D eigenvalue weighted by atomic mass is 10.3. The van der Waals surface area contributed by atoms with Crippen LogP contribution in [0.15, 0.2) is 41.8 Å². The molecule has 4 aromatic rings. The van der Waals surface area contributed by atoms with Crippen molar-refractivity contribution in [3.8, 4) is 0 Å². The van der Waals surface area contributed by atoms with Gasteiger partial charge in [-0.1, -0.05) is 34.7 Å². The van der Waals surface area contributed by atoms with Gasteiger partial charge in [0, 0.05) is 0 Å². The van der Waals surface area contributed by atoms with E-state index in [1.807, 2.05) is 35.7 Å². The Hall–Kier alpha value is -2.65. The molecule has 0 bridgehead atoms. The Morgan fingerprint density at radius 2 is 2.04 bits per heavy atom. The first-order valence-corrected chi connectivity index (χ1v) is 8.45. The molecule has 0 fully saturated rings. The molecule has 0 aliphatic rings. The third-order valence-corrected chi connectivity index (χ3v) is 4.83. The fourth-order valence-corrected chi connectivity index (χ4v) is 3.43. The average Bonchev–Trinajstić information content (AvgIpc) is 3.29. The average molecular weight is 342 g/mol.